The average molecular weight is 479 g/mol. The topological polar surface area (TPSA) is 79.5 Å². The Morgan fingerprint density at radius 2 is 2.06 bits per heavy atom. The Morgan fingerprint density at radius 3 is 2.82 bits per heavy atom. The number of amides is 2. The van der Waals surface area contributed by atoms with Crippen LogP contribution in [-0.4, -0.2) is 51.4 Å². The molecule has 0 aliphatic carbocycles. The van der Waals surface area contributed by atoms with Crippen molar-refractivity contribution in [2.24, 2.45) is 0 Å². The highest BCUT2D eigenvalue weighted by atomic mass is 35.5. The van der Waals surface area contributed by atoms with Gasteiger partial charge in [0.1, 0.15) is 12.6 Å². The molecule has 2 amide bonds. The van der Waals surface area contributed by atoms with E-state index in [1.165, 1.54) is 4.90 Å². The molecule has 2 heterocycles. The van der Waals surface area contributed by atoms with Crippen LogP contribution in [0.2, 0.25) is 5.02 Å². The van der Waals surface area contributed by atoms with Crippen molar-refractivity contribution in [3.63, 3.8) is 0 Å². The molecule has 1 atom stereocenters. The summed E-state index contributed by atoms with van der Waals surface area (Å²) in [6, 6.07) is 14.3. The Labute approximate surface area is 204 Å². The zero-order chi connectivity index (χ0) is 24.1. The van der Waals surface area contributed by atoms with Crippen LogP contribution in [0.15, 0.2) is 65.7 Å². The van der Waals surface area contributed by atoms with Gasteiger partial charge in [0.25, 0.3) is 5.91 Å². The summed E-state index contributed by atoms with van der Waals surface area (Å²) in [6.07, 6.45) is 4.18. The summed E-state index contributed by atoms with van der Waals surface area (Å²) in [5, 5.41) is 4.69. The largest absolute Gasteiger partial charge is 0.337 e. The molecule has 2 aromatic carbocycles. The lowest BCUT2D eigenvalue weighted by Crippen LogP contribution is -2.46. The van der Waals surface area contributed by atoms with E-state index in [1.54, 1.807) is 29.2 Å². The van der Waals surface area contributed by atoms with Crippen LogP contribution >= 0.6 is 11.6 Å². The predicted octanol–water partition coefficient (Wildman–Crippen LogP) is 5.08. The van der Waals surface area contributed by atoms with Gasteiger partial charge in [-0.1, -0.05) is 53.2 Å². The quantitative estimate of drug-likeness (QED) is 0.442. The minimum atomic E-state index is -0.333. The molecule has 4 rings (SSSR count). The molecule has 34 heavy (non-hydrogen) atoms. The summed E-state index contributed by atoms with van der Waals surface area (Å²) in [5.74, 6) is 0.471. The summed E-state index contributed by atoms with van der Waals surface area (Å²) in [5.41, 5.74) is 2.19. The van der Waals surface area contributed by atoms with Gasteiger partial charge in [0.05, 0.1) is 0 Å². The zero-order valence-electron chi connectivity index (χ0n) is 19.1. The number of rotatable bonds is 7. The summed E-state index contributed by atoms with van der Waals surface area (Å²) >= 11 is 6.09. The highest BCUT2D eigenvalue weighted by Crippen LogP contribution is 2.31. The molecule has 176 valence electrons. The molecule has 1 aromatic heterocycles. The number of likely N-dealkylation sites (tertiary alicyclic amines) is 1. The highest BCUT2D eigenvalue weighted by molar-refractivity contribution is 6.30. The predicted molar refractivity (Wildman–Crippen MR) is 130 cm³/mol. The minimum Gasteiger partial charge on any atom is -0.337 e. The molecule has 0 spiro atoms. The molecule has 1 aliphatic rings. The van der Waals surface area contributed by atoms with E-state index in [1.807, 2.05) is 37.3 Å². The number of benzene rings is 2. The lowest BCUT2D eigenvalue weighted by molar-refractivity contribution is -0.136. The van der Waals surface area contributed by atoms with Crippen LogP contribution in [0.3, 0.4) is 0 Å². The smallest absolute Gasteiger partial charge is 0.254 e. The van der Waals surface area contributed by atoms with Crippen LogP contribution in [0, 0.1) is 6.92 Å². The van der Waals surface area contributed by atoms with Crippen LogP contribution in [0.4, 0.5) is 0 Å². The van der Waals surface area contributed by atoms with Gasteiger partial charge in [-0.05, 0) is 49.9 Å². The molecule has 0 bridgehead atoms. The van der Waals surface area contributed by atoms with Crippen molar-refractivity contribution in [2.45, 2.75) is 32.2 Å². The third kappa shape index (κ3) is 5.20. The molecule has 1 fully saturated rings. The average Bonchev–Trinajstić information content (AvgIpc) is 3.34. The number of hydrogen-bond acceptors (Lipinski definition) is 5. The van der Waals surface area contributed by atoms with Crippen molar-refractivity contribution in [2.75, 3.05) is 19.6 Å². The van der Waals surface area contributed by atoms with Gasteiger partial charge in [0.2, 0.25) is 17.6 Å². The van der Waals surface area contributed by atoms with Gasteiger partial charge >= 0.3 is 0 Å². The molecule has 1 saturated heterocycles. The molecule has 0 N–H and O–H groups in total. The lowest BCUT2D eigenvalue weighted by Gasteiger charge is -2.35. The summed E-state index contributed by atoms with van der Waals surface area (Å²) in [6.45, 7) is 6.43. The Hall–Kier alpha value is -3.45. The number of carbonyl (C=O) groups is 2. The number of halogens is 1. The maximum absolute atomic E-state index is 13.4. The normalized spacial score (nSPS) is 15.7. The highest BCUT2D eigenvalue weighted by Gasteiger charge is 2.33. The van der Waals surface area contributed by atoms with Crippen LogP contribution in [0.1, 0.15) is 47.1 Å². The van der Waals surface area contributed by atoms with Crippen LogP contribution in [-0.2, 0) is 4.79 Å². The second-order valence-electron chi connectivity index (χ2n) is 8.35. The zero-order valence-corrected chi connectivity index (χ0v) is 19.9. The number of piperidine rings is 1. The van der Waals surface area contributed by atoms with Gasteiger partial charge in [-0.2, -0.15) is 4.98 Å². The Balaban J connectivity index is 1.53. The van der Waals surface area contributed by atoms with Crippen molar-refractivity contribution >= 4 is 23.4 Å². The fourth-order valence-electron chi connectivity index (χ4n) is 4.21. The fraction of sp³-hybridized carbons (Fsp3) is 0.308. The monoisotopic (exact) mass is 478 g/mol. The van der Waals surface area contributed by atoms with E-state index in [-0.39, 0.29) is 30.9 Å². The maximum Gasteiger partial charge on any atom is 0.254 e. The van der Waals surface area contributed by atoms with E-state index >= 15 is 0 Å². The molecule has 0 radical (unpaired) electrons. The van der Waals surface area contributed by atoms with Crippen molar-refractivity contribution in [3.05, 3.63) is 83.2 Å². The molecule has 8 heteroatoms. The summed E-state index contributed by atoms with van der Waals surface area (Å²) < 4.78 is 5.57. The Morgan fingerprint density at radius 1 is 1.24 bits per heavy atom. The van der Waals surface area contributed by atoms with Crippen molar-refractivity contribution < 1.29 is 14.1 Å². The molecule has 3 aromatic rings. The summed E-state index contributed by atoms with van der Waals surface area (Å²) in [4.78, 5) is 34.4. The van der Waals surface area contributed by atoms with Crippen LogP contribution in [0.25, 0.3) is 11.4 Å². The first kappa shape index (κ1) is 23.7. The summed E-state index contributed by atoms with van der Waals surface area (Å²) in [7, 11) is 0. The van der Waals surface area contributed by atoms with Gasteiger partial charge in [-0.25, -0.2) is 0 Å². The Bertz CT molecular complexity index is 1190. The number of hydrogen-bond donors (Lipinski definition) is 0. The van der Waals surface area contributed by atoms with E-state index in [2.05, 4.69) is 16.7 Å². The first-order chi connectivity index (χ1) is 16.5. The second kappa shape index (κ2) is 10.7. The standard InChI is InChI=1S/C26H27ClN4O3/c1-3-14-30(26(33)21-12-5-4-9-18(21)2)17-23(32)31-15-7-6-13-22(31)25-28-24(29-34-25)19-10-8-11-20(27)16-19/h3-5,8-12,16,22H,1,6-7,13-15,17H2,2H3. The molecule has 0 saturated carbocycles. The third-order valence-electron chi connectivity index (χ3n) is 5.97. The number of carbonyl (C=O) groups excluding carboxylic acids is 2. The van der Waals surface area contributed by atoms with E-state index < -0.39 is 0 Å². The van der Waals surface area contributed by atoms with E-state index in [0.29, 0.717) is 28.8 Å². The van der Waals surface area contributed by atoms with E-state index in [9.17, 15) is 9.59 Å². The van der Waals surface area contributed by atoms with Crippen molar-refractivity contribution in [1.82, 2.24) is 19.9 Å². The molecule has 1 unspecified atom stereocenters. The van der Waals surface area contributed by atoms with Crippen LogP contribution in [0.5, 0.6) is 0 Å². The molecular weight excluding hydrogens is 452 g/mol. The van der Waals surface area contributed by atoms with Gasteiger partial charge in [0, 0.05) is 29.2 Å². The van der Waals surface area contributed by atoms with Gasteiger partial charge in [0.15, 0.2) is 0 Å². The SMILES string of the molecule is C=CCN(CC(=O)N1CCCCC1c1nc(-c2cccc(Cl)c2)no1)C(=O)c1ccccc1C. The van der Waals surface area contributed by atoms with E-state index in [4.69, 9.17) is 16.1 Å². The fourth-order valence-corrected chi connectivity index (χ4v) is 4.40. The van der Waals surface area contributed by atoms with Crippen LogP contribution < -0.4 is 0 Å². The molecular formula is C26H27ClN4O3. The number of nitrogens with zero attached hydrogens (tertiary/aromatic N) is 4. The first-order valence-electron chi connectivity index (χ1n) is 11.3. The van der Waals surface area contributed by atoms with Crippen molar-refractivity contribution in [1.29, 1.82) is 0 Å². The van der Waals surface area contributed by atoms with Gasteiger partial charge in [-0.15, -0.1) is 6.58 Å². The van der Waals surface area contributed by atoms with Gasteiger partial charge < -0.3 is 14.3 Å². The molecule has 7 nitrogen and oxygen atoms in total. The van der Waals surface area contributed by atoms with Crippen molar-refractivity contribution in [3.8, 4) is 11.4 Å². The first-order valence-corrected chi connectivity index (χ1v) is 11.7. The minimum absolute atomic E-state index is 0.0506. The van der Waals surface area contributed by atoms with E-state index in [0.717, 1.165) is 30.4 Å². The Kier molecular flexibility index (Phi) is 7.43. The second-order valence-corrected chi connectivity index (χ2v) is 8.79. The molecule has 1 aliphatic heterocycles. The maximum atomic E-state index is 13.4. The third-order valence-corrected chi connectivity index (χ3v) is 6.21. The lowest BCUT2D eigenvalue weighted by atomic mass is 10.0. The number of aryl methyl sites for hydroxylation is 1. The number of aromatic nitrogens is 2. The van der Waals surface area contributed by atoms with Gasteiger partial charge in [-0.3, -0.25) is 9.59 Å².